The van der Waals surface area contributed by atoms with E-state index >= 15 is 0 Å². The van der Waals surface area contributed by atoms with Gasteiger partial charge in [-0.3, -0.25) is 24.1 Å². The zero-order chi connectivity index (χ0) is 22.9. The Labute approximate surface area is 180 Å². The summed E-state index contributed by atoms with van der Waals surface area (Å²) in [5.41, 5.74) is -1.32. The van der Waals surface area contributed by atoms with Crippen LogP contribution in [0.15, 0.2) is 30.4 Å². The number of hydrogen-bond donors (Lipinski definition) is 1. The molecule has 0 spiro atoms. The van der Waals surface area contributed by atoms with Gasteiger partial charge in [-0.1, -0.05) is 23.8 Å². The van der Waals surface area contributed by atoms with Gasteiger partial charge in [0.05, 0.1) is 22.4 Å². The Balaban J connectivity index is 1.58. The highest BCUT2D eigenvalue weighted by Crippen LogP contribution is 2.36. The van der Waals surface area contributed by atoms with Gasteiger partial charge in [0.1, 0.15) is 6.54 Å². The van der Waals surface area contributed by atoms with Gasteiger partial charge in [-0.25, -0.2) is 0 Å². The van der Waals surface area contributed by atoms with Crippen molar-refractivity contribution in [3.8, 4) is 0 Å². The molecule has 1 aromatic carbocycles. The number of allylic oxidation sites excluding steroid dienone is 2. The molecule has 7 nitrogen and oxygen atoms in total. The van der Waals surface area contributed by atoms with E-state index in [0.29, 0.717) is 18.9 Å². The molecular formula is C20H18ClF3N2O5. The number of anilines is 1. The molecule has 1 fully saturated rings. The van der Waals surface area contributed by atoms with E-state index in [9.17, 15) is 32.3 Å². The number of likely N-dealkylation sites (tertiary alicyclic amines) is 1. The molecule has 3 atom stereocenters. The van der Waals surface area contributed by atoms with Crippen LogP contribution in [0.1, 0.15) is 25.3 Å². The first-order valence-corrected chi connectivity index (χ1v) is 9.74. The molecule has 0 unspecified atom stereocenters. The maximum atomic E-state index is 12.9. The van der Waals surface area contributed by atoms with Gasteiger partial charge in [-0.2, -0.15) is 13.2 Å². The van der Waals surface area contributed by atoms with E-state index in [4.69, 9.17) is 16.3 Å². The maximum Gasteiger partial charge on any atom is 0.417 e. The molecule has 31 heavy (non-hydrogen) atoms. The summed E-state index contributed by atoms with van der Waals surface area (Å²) in [5, 5.41) is 1.68. The first-order chi connectivity index (χ1) is 14.5. The smallest absolute Gasteiger partial charge is 0.417 e. The molecule has 11 heteroatoms. The Hall–Kier alpha value is -2.88. The van der Waals surface area contributed by atoms with E-state index < -0.39 is 64.9 Å². The number of rotatable bonds is 5. The van der Waals surface area contributed by atoms with Crippen molar-refractivity contribution >= 4 is 41.0 Å². The number of esters is 1. The van der Waals surface area contributed by atoms with Gasteiger partial charge in [0.25, 0.3) is 5.91 Å². The predicted octanol–water partition coefficient (Wildman–Crippen LogP) is 3.18. The van der Waals surface area contributed by atoms with Crippen molar-refractivity contribution < 1.29 is 37.1 Å². The minimum absolute atomic E-state index is 0.189. The highest BCUT2D eigenvalue weighted by atomic mass is 35.5. The van der Waals surface area contributed by atoms with Gasteiger partial charge in [-0.05, 0) is 38.0 Å². The number of halogens is 4. The lowest BCUT2D eigenvalue weighted by Gasteiger charge is -2.17. The number of fused-ring (bicyclic) bond motifs is 1. The van der Waals surface area contributed by atoms with E-state index in [1.54, 1.807) is 0 Å². The lowest BCUT2D eigenvalue weighted by Crippen LogP contribution is -2.39. The highest BCUT2D eigenvalue weighted by Gasteiger charge is 2.48. The van der Waals surface area contributed by atoms with Crippen LogP contribution in [0, 0.1) is 11.8 Å². The molecule has 0 bridgehead atoms. The van der Waals surface area contributed by atoms with Crippen molar-refractivity contribution in [2.75, 3.05) is 11.9 Å². The molecular weight excluding hydrogens is 441 g/mol. The quantitative estimate of drug-likeness (QED) is 0.415. The second-order valence-electron chi connectivity index (χ2n) is 7.23. The Morgan fingerprint density at radius 3 is 2.32 bits per heavy atom. The van der Waals surface area contributed by atoms with E-state index in [2.05, 4.69) is 5.32 Å². The lowest BCUT2D eigenvalue weighted by molar-refractivity contribution is -0.158. The molecule has 1 N–H and O–H groups in total. The number of hydrogen-bond acceptors (Lipinski definition) is 5. The van der Waals surface area contributed by atoms with Gasteiger partial charge < -0.3 is 10.1 Å². The predicted molar refractivity (Wildman–Crippen MR) is 103 cm³/mol. The number of benzene rings is 1. The number of alkyl halides is 3. The summed E-state index contributed by atoms with van der Waals surface area (Å²) in [6.07, 6.45) is -1.64. The van der Waals surface area contributed by atoms with Gasteiger partial charge in [-0.15, -0.1) is 0 Å². The van der Waals surface area contributed by atoms with E-state index in [1.165, 1.54) is 13.0 Å². The van der Waals surface area contributed by atoms with E-state index in [0.717, 1.165) is 11.0 Å². The molecule has 2 aliphatic rings. The molecule has 0 saturated carbocycles. The maximum absolute atomic E-state index is 12.9. The van der Waals surface area contributed by atoms with Crippen LogP contribution in [-0.2, 0) is 30.1 Å². The van der Waals surface area contributed by atoms with Crippen molar-refractivity contribution in [3.05, 3.63) is 40.9 Å². The van der Waals surface area contributed by atoms with Crippen LogP contribution in [0.25, 0.3) is 0 Å². The minimum atomic E-state index is -4.71. The fourth-order valence-corrected chi connectivity index (χ4v) is 3.73. The average molecular weight is 459 g/mol. The van der Waals surface area contributed by atoms with Gasteiger partial charge in [0.2, 0.25) is 11.8 Å². The SMILES string of the molecule is C[C@H](OC(=O)CN1C(=O)[C@@H]2CC=CC[C@H]2C1=O)C(=O)Nc1ccc(Cl)c(C(F)(F)F)c1. The zero-order valence-corrected chi connectivity index (χ0v) is 17.0. The third-order valence-corrected chi connectivity index (χ3v) is 5.43. The lowest BCUT2D eigenvalue weighted by atomic mass is 9.85. The van der Waals surface area contributed by atoms with Crippen molar-refractivity contribution in [1.82, 2.24) is 4.90 Å². The second-order valence-corrected chi connectivity index (χ2v) is 7.64. The largest absolute Gasteiger partial charge is 0.451 e. The number of amides is 3. The van der Waals surface area contributed by atoms with Crippen LogP contribution in [-0.4, -0.2) is 41.2 Å². The molecule has 0 radical (unpaired) electrons. The standard InChI is InChI=1S/C20H18ClF3N2O5/c1-10(17(28)25-11-6-7-15(21)14(8-11)20(22,23)24)31-16(27)9-26-18(29)12-4-2-3-5-13(12)19(26)30/h2-3,6-8,10,12-13H,4-5,9H2,1H3,(H,25,28)/t10-,12+,13+/m0/s1. The Bertz CT molecular complexity index is 937. The Morgan fingerprint density at radius 2 is 1.77 bits per heavy atom. The summed E-state index contributed by atoms with van der Waals surface area (Å²) >= 11 is 5.53. The summed E-state index contributed by atoms with van der Waals surface area (Å²) in [6, 6.07) is 2.81. The summed E-state index contributed by atoms with van der Waals surface area (Å²) < 4.78 is 43.8. The summed E-state index contributed by atoms with van der Waals surface area (Å²) in [4.78, 5) is 49.9. The third kappa shape index (κ3) is 4.90. The number of ether oxygens (including phenoxy) is 1. The number of carbonyl (C=O) groups is 4. The van der Waals surface area contributed by atoms with Crippen molar-refractivity contribution in [1.29, 1.82) is 0 Å². The van der Waals surface area contributed by atoms with Crippen LogP contribution in [0.5, 0.6) is 0 Å². The monoisotopic (exact) mass is 458 g/mol. The summed E-state index contributed by atoms with van der Waals surface area (Å²) in [6.45, 7) is 0.576. The Morgan fingerprint density at radius 1 is 1.19 bits per heavy atom. The minimum Gasteiger partial charge on any atom is -0.451 e. The normalized spacial score (nSPS) is 21.6. The van der Waals surface area contributed by atoms with Gasteiger partial charge >= 0.3 is 12.1 Å². The second kappa shape index (κ2) is 8.70. The molecule has 3 amide bonds. The zero-order valence-electron chi connectivity index (χ0n) is 16.2. The van der Waals surface area contributed by atoms with Crippen LogP contribution >= 0.6 is 11.6 Å². The van der Waals surface area contributed by atoms with Crippen LogP contribution in [0.3, 0.4) is 0 Å². The van der Waals surface area contributed by atoms with Crippen molar-refractivity contribution in [2.45, 2.75) is 32.0 Å². The van der Waals surface area contributed by atoms with Crippen molar-refractivity contribution in [2.24, 2.45) is 11.8 Å². The van der Waals surface area contributed by atoms with Crippen LogP contribution in [0.4, 0.5) is 18.9 Å². The Kier molecular flexibility index (Phi) is 6.40. The summed E-state index contributed by atoms with van der Waals surface area (Å²) in [7, 11) is 0. The van der Waals surface area contributed by atoms with Crippen molar-refractivity contribution in [3.63, 3.8) is 0 Å². The number of nitrogens with zero attached hydrogens (tertiary/aromatic N) is 1. The highest BCUT2D eigenvalue weighted by molar-refractivity contribution is 6.31. The molecule has 1 heterocycles. The number of carbonyl (C=O) groups excluding carboxylic acids is 4. The molecule has 1 aromatic rings. The topological polar surface area (TPSA) is 92.8 Å². The molecule has 1 aliphatic heterocycles. The molecule has 1 saturated heterocycles. The fraction of sp³-hybridized carbons (Fsp3) is 0.400. The number of imide groups is 1. The van der Waals surface area contributed by atoms with Crippen LogP contribution in [0.2, 0.25) is 5.02 Å². The summed E-state index contributed by atoms with van der Waals surface area (Å²) in [5.74, 6) is -3.80. The van der Waals surface area contributed by atoms with Gasteiger partial charge in [0, 0.05) is 5.69 Å². The first-order valence-electron chi connectivity index (χ1n) is 9.36. The van der Waals surface area contributed by atoms with E-state index in [1.807, 2.05) is 12.2 Å². The van der Waals surface area contributed by atoms with Crippen LogP contribution < -0.4 is 5.32 Å². The van der Waals surface area contributed by atoms with Gasteiger partial charge in [0.15, 0.2) is 6.10 Å². The molecule has 3 rings (SSSR count). The first kappa shape index (κ1) is 22.8. The fourth-order valence-electron chi connectivity index (χ4n) is 3.51. The number of nitrogens with one attached hydrogen (secondary N) is 1. The third-order valence-electron chi connectivity index (χ3n) is 5.10. The molecule has 0 aromatic heterocycles. The van der Waals surface area contributed by atoms with E-state index in [-0.39, 0.29) is 5.69 Å². The average Bonchev–Trinajstić information content (AvgIpc) is 2.93. The molecule has 166 valence electrons. The molecule has 1 aliphatic carbocycles.